The van der Waals surface area contributed by atoms with Gasteiger partial charge in [-0.3, -0.25) is 4.79 Å². The van der Waals surface area contributed by atoms with Crippen LogP contribution < -0.4 is 5.32 Å². The van der Waals surface area contributed by atoms with Crippen LogP contribution in [0.25, 0.3) is 11.0 Å². The standard InChI is InChI=1S/C20H23N3OS/c1-16-6-8-17(9-7-16)14-25-13-11-21-20(24)10-12-23-15-22-18-4-2-3-5-19(18)23/h2-9,15H,10-14H2,1H3,(H,21,24). The highest BCUT2D eigenvalue weighted by atomic mass is 32.2. The van der Waals surface area contributed by atoms with Crippen molar-refractivity contribution in [2.75, 3.05) is 12.3 Å². The maximum atomic E-state index is 12.0. The Morgan fingerprint density at radius 1 is 1.16 bits per heavy atom. The third-order valence-electron chi connectivity index (χ3n) is 4.07. The van der Waals surface area contributed by atoms with Gasteiger partial charge >= 0.3 is 0 Å². The molecule has 0 aliphatic carbocycles. The second-order valence-electron chi connectivity index (χ2n) is 6.06. The Morgan fingerprint density at radius 3 is 2.80 bits per heavy atom. The van der Waals surface area contributed by atoms with Gasteiger partial charge in [0.25, 0.3) is 0 Å². The third kappa shape index (κ3) is 5.10. The maximum absolute atomic E-state index is 12.0. The SMILES string of the molecule is Cc1ccc(CSCCNC(=O)CCn2cnc3ccccc32)cc1. The Labute approximate surface area is 152 Å². The summed E-state index contributed by atoms with van der Waals surface area (Å²) in [6, 6.07) is 16.6. The van der Waals surface area contributed by atoms with E-state index >= 15 is 0 Å². The van der Waals surface area contributed by atoms with Crippen LogP contribution in [0.15, 0.2) is 54.9 Å². The third-order valence-corrected chi connectivity index (χ3v) is 5.10. The molecule has 1 amide bonds. The molecule has 4 nitrogen and oxygen atoms in total. The van der Waals surface area contributed by atoms with Crippen LogP contribution in [0.1, 0.15) is 17.5 Å². The second-order valence-corrected chi connectivity index (χ2v) is 7.17. The van der Waals surface area contributed by atoms with Crippen molar-refractivity contribution >= 4 is 28.7 Å². The molecule has 0 saturated heterocycles. The summed E-state index contributed by atoms with van der Waals surface area (Å²) in [5, 5.41) is 3.00. The zero-order chi connectivity index (χ0) is 17.5. The molecular weight excluding hydrogens is 330 g/mol. The van der Waals surface area contributed by atoms with E-state index in [2.05, 4.69) is 41.5 Å². The van der Waals surface area contributed by atoms with E-state index in [0.29, 0.717) is 19.5 Å². The van der Waals surface area contributed by atoms with Crippen molar-refractivity contribution in [3.8, 4) is 0 Å². The molecule has 2 aromatic carbocycles. The van der Waals surface area contributed by atoms with E-state index in [1.807, 2.05) is 40.6 Å². The minimum Gasteiger partial charge on any atom is -0.355 e. The number of hydrogen-bond acceptors (Lipinski definition) is 3. The van der Waals surface area contributed by atoms with Crippen LogP contribution >= 0.6 is 11.8 Å². The molecule has 3 aromatic rings. The van der Waals surface area contributed by atoms with Crippen LogP contribution in [0.5, 0.6) is 0 Å². The first-order chi connectivity index (χ1) is 12.2. The van der Waals surface area contributed by atoms with Gasteiger partial charge in [0.05, 0.1) is 17.4 Å². The molecule has 25 heavy (non-hydrogen) atoms. The monoisotopic (exact) mass is 353 g/mol. The number of hydrogen-bond donors (Lipinski definition) is 1. The van der Waals surface area contributed by atoms with Gasteiger partial charge in [-0.1, -0.05) is 42.0 Å². The average molecular weight is 353 g/mol. The maximum Gasteiger partial charge on any atom is 0.221 e. The van der Waals surface area contributed by atoms with Crippen molar-refractivity contribution in [2.24, 2.45) is 0 Å². The number of para-hydroxylation sites is 2. The van der Waals surface area contributed by atoms with Crippen molar-refractivity contribution < 1.29 is 4.79 Å². The van der Waals surface area contributed by atoms with Crippen molar-refractivity contribution in [3.05, 3.63) is 66.0 Å². The number of aryl methyl sites for hydroxylation is 2. The number of carbonyl (C=O) groups excluding carboxylic acids is 1. The molecule has 0 saturated carbocycles. The van der Waals surface area contributed by atoms with Crippen LogP contribution in [-0.2, 0) is 17.1 Å². The van der Waals surface area contributed by atoms with Gasteiger partial charge in [-0.05, 0) is 24.6 Å². The minimum atomic E-state index is 0.0914. The van der Waals surface area contributed by atoms with E-state index in [0.717, 1.165) is 22.5 Å². The quantitative estimate of drug-likeness (QED) is 0.627. The zero-order valence-corrected chi connectivity index (χ0v) is 15.3. The van der Waals surface area contributed by atoms with Crippen LogP contribution in [0.3, 0.4) is 0 Å². The van der Waals surface area contributed by atoms with Gasteiger partial charge in [0, 0.05) is 31.0 Å². The van der Waals surface area contributed by atoms with Gasteiger partial charge in [0.1, 0.15) is 0 Å². The van der Waals surface area contributed by atoms with Gasteiger partial charge in [0.2, 0.25) is 5.91 Å². The molecule has 130 valence electrons. The summed E-state index contributed by atoms with van der Waals surface area (Å²) in [5.41, 5.74) is 4.65. The van der Waals surface area contributed by atoms with Gasteiger partial charge in [-0.2, -0.15) is 11.8 Å². The number of rotatable bonds is 8. The first kappa shape index (κ1) is 17.5. The first-order valence-electron chi connectivity index (χ1n) is 8.52. The molecule has 0 atom stereocenters. The molecule has 0 aliphatic rings. The fraction of sp³-hybridized carbons (Fsp3) is 0.300. The van der Waals surface area contributed by atoms with E-state index in [9.17, 15) is 4.79 Å². The minimum absolute atomic E-state index is 0.0914. The summed E-state index contributed by atoms with van der Waals surface area (Å²) in [6.07, 6.45) is 2.28. The van der Waals surface area contributed by atoms with Gasteiger partial charge in [0.15, 0.2) is 0 Å². The predicted octanol–water partition coefficient (Wildman–Crippen LogP) is 3.78. The summed E-state index contributed by atoms with van der Waals surface area (Å²) in [6.45, 7) is 3.46. The summed E-state index contributed by atoms with van der Waals surface area (Å²) < 4.78 is 2.03. The van der Waals surface area contributed by atoms with E-state index in [-0.39, 0.29) is 5.91 Å². The number of fused-ring (bicyclic) bond motifs is 1. The van der Waals surface area contributed by atoms with Crippen LogP contribution in [0, 0.1) is 6.92 Å². The molecule has 0 spiro atoms. The highest BCUT2D eigenvalue weighted by molar-refractivity contribution is 7.98. The number of benzene rings is 2. The van der Waals surface area contributed by atoms with Crippen molar-refractivity contribution in [1.29, 1.82) is 0 Å². The smallest absolute Gasteiger partial charge is 0.221 e. The summed E-state index contributed by atoms with van der Waals surface area (Å²) in [4.78, 5) is 16.3. The Morgan fingerprint density at radius 2 is 1.96 bits per heavy atom. The molecule has 1 aromatic heterocycles. The summed E-state index contributed by atoms with van der Waals surface area (Å²) >= 11 is 1.84. The fourth-order valence-electron chi connectivity index (χ4n) is 2.64. The lowest BCUT2D eigenvalue weighted by Gasteiger charge is -2.07. The number of aromatic nitrogens is 2. The molecule has 0 fully saturated rings. The number of amides is 1. The molecule has 1 heterocycles. The lowest BCUT2D eigenvalue weighted by Crippen LogP contribution is -2.26. The number of thioether (sulfide) groups is 1. The van der Waals surface area contributed by atoms with Gasteiger partial charge in [-0.25, -0.2) is 4.98 Å². The fourth-order valence-corrected chi connectivity index (χ4v) is 3.45. The number of imidazole rings is 1. The number of nitrogens with one attached hydrogen (secondary N) is 1. The molecule has 5 heteroatoms. The first-order valence-corrected chi connectivity index (χ1v) is 9.68. The van der Waals surface area contributed by atoms with E-state index in [1.54, 1.807) is 6.33 Å². The summed E-state index contributed by atoms with van der Waals surface area (Å²) in [7, 11) is 0. The van der Waals surface area contributed by atoms with Gasteiger partial charge in [-0.15, -0.1) is 0 Å². The Balaban J connectivity index is 1.33. The lowest BCUT2D eigenvalue weighted by molar-refractivity contribution is -0.121. The molecule has 1 N–H and O–H groups in total. The van der Waals surface area contributed by atoms with Gasteiger partial charge < -0.3 is 9.88 Å². The summed E-state index contributed by atoms with van der Waals surface area (Å²) in [5.74, 6) is 2.00. The zero-order valence-electron chi connectivity index (χ0n) is 14.4. The Kier molecular flexibility index (Phi) is 6.12. The molecule has 0 bridgehead atoms. The molecule has 0 aliphatic heterocycles. The van der Waals surface area contributed by atoms with Crippen LogP contribution in [-0.4, -0.2) is 27.8 Å². The van der Waals surface area contributed by atoms with Crippen LogP contribution in [0.4, 0.5) is 0 Å². The molecule has 0 unspecified atom stereocenters. The number of nitrogens with zero attached hydrogens (tertiary/aromatic N) is 2. The highest BCUT2D eigenvalue weighted by Crippen LogP contribution is 2.13. The van der Waals surface area contributed by atoms with E-state index in [1.165, 1.54) is 11.1 Å². The van der Waals surface area contributed by atoms with E-state index in [4.69, 9.17) is 0 Å². The normalized spacial score (nSPS) is 10.9. The van der Waals surface area contributed by atoms with Crippen molar-refractivity contribution in [2.45, 2.75) is 25.6 Å². The van der Waals surface area contributed by atoms with Crippen molar-refractivity contribution in [3.63, 3.8) is 0 Å². The Hall–Kier alpha value is -2.27. The average Bonchev–Trinajstić information content (AvgIpc) is 3.04. The Bertz CT molecular complexity index is 826. The van der Waals surface area contributed by atoms with Crippen LogP contribution in [0.2, 0.25) is 0 Å². The lowest BCUT2D eigenvalue weighted by atomic mass is 10.2. The highest BCUT2D eigenvalue weighted by Gasteiger charge is 2.05. The molecule has 3 rings (SSSR count). The topological polar surface area (TPSA) is 46.9 Å². The molecular formula is C20H23N3OS. The van der Waals surface area contributed by atoms with E-state index < -0.39 is 0 Å². The van der Waals surface area contributed by atoms with Crippen molar-refractivity contribution in [1.82, 2.24) is 14.9 Å². The predicted molar refractivity (Wildman–Crippen MR) is 105 cm³/mol. The molecule has 0 radical (unpaired) electrons. The second kappa shape index (κ2) is 8.72. The number of carbonyl (C=O) groups is 1. The largest absolute Gasteiger partial charge is 0.355 e.